The lowest BCUT2D eigenvalue weighted by Gasteiger charge is -1.95. The van der Waals surface area contributed by atoms with E-state index in [1.54, 1.807) is 12.1 Å². The summed E-state index contributed by atoms with van der Waals surface area (Å²) in [5.74, 6) is -0.833. The van der Waals surface area contributed by atoms with Crippen LogP contribution in [0, 0.1) is 0 Å². The molecule has 0 aliphatic rings. The SMILES string of the molecule is CC(=O)O.OCc1ccccc1Cl. The van der Waals surface area contributed by atoms with Gasteiger partial charge in [-0.05, 0) is 11.6 Å². The van der Waals surface area contributed by atoms with Crippen molar-refractivity contribution in [3.05, 3.63) is 34.9 Å². The highest BCUT2D eigenvalue weighted by Gasteiger charge is 1.92. The number of aliphatic hydroxyl groups excluding tert-OH is 1. The first-order valence-electron chi connectivity index (χ1n) is 3.61. The fraction of sp³-hybridized carbons (Fsp3) is 0.222. The number of aliphatic hydroxyl groups is 1. The monoisotopic (exact) mass is 202 g/mol. The van der Waals surface area contributed by atoms with Crippen molar-refractivity contribution in [1.82, 2.24) is 0 Å². The summed E-state index contributed by atoms with van der Waals surface area (Å²) in [5.41, 5.74) is 0.777. The van der Waals surface area contributed by atoms with E-state index in [0.29, 0.717) is 5.02 Å². The Morgan fingerprint density at radius 1 is 1.46 bits per heavy atom. The van der Waals surface area contributed by atoms with Crippen LogP contribution in [0.4, 0.5) is 0 Å². The molecule has 0 fully saturated rings. The number of aliphatic carboxylic acids is 1. The number of carboxylic acid groups (broad SMARTS) is 1. The first-order chi connectivity index (χ1) is 6.07. The van der Waals surface area contributed by atoms with Crippen molar-refractivity contribution in [2.24, 2.45) is 0 Å². The third kappa shape index (κ3) is 6.13. The van der Waals surface area contributed by atoms with E-state index < -0.39 is 5.97 Å². The van der Waals surface area contributed by atoms with Crippen LogP contribution in [-0.2, 0) is 11.4 Å². The molecule has 1 aromatic rings. The van der Waals surface area contributed by atoms with Gasteiger partial charge in [-0.25, -0.2) is 0 Å². The highest BCUT2D eigenvalue weighted by molar-refractivity contribution is 6.31. The number of hydrogen-bond donors (Lipinski definition) is 2. The molecule has 2 N–H and O–H groups in total. The average Bonchev–Trinajstić information content (AvgIpc) is 2.04. The van der Waals surface area contributed by atoms with Crippen LogP contribution in [0.15, 0.2) is 24.3 Å². The standard InChI is InChI=1S/C7H7ClO.C2H4O2/c8-7-4-2-1-3-6(7)5-9;1-2(3)4/h1-4,9H,5H2;1H3,(H,3,4). The summed E-state index contributed by atoms with van der Waals surface area (Å²) in [6, 6.07) is 7.23. The molecule has 13 heavy (non-hydrogen) atoms. The van der Waals surface area contributed by atoms with Crippen molar-refractivity contribution in [2.75, 3.05) is 0 Å². The third-order valence-corrected chi connectivity index (χ3v) is 1.50. The van der Waals surface area contributed by atoms with Crippen LogP contribution in [0.3, 0.4) is 0 Å². The average molecular weight is 203 g/mol. The van der Waals surface area contributed by atoms with Gasteiger partial charge in [0.1, 0.15) is 0 Å². The van der Waals surface area contributed by atoms with Crippen LogP contribution in [0.2, 0.25) is 5.02 Å². The van der Waals surface area contributed by atoms with Crippen LogP contribution in [-0.4, -0.2) is 16.2 Å². The summed E-state index contributed by atoms with van der Waals surface area (Å²) in [5, 5.41) is 16.7. The van der Waals surface area contributed by atoms with Crippen molar-refractivity contribution in [3.63, 3.8) is 0 Å². The predicted octanol–water partition coefficient (Wildman–Crippen LogP) is 1.92. The minimum absolute atomic E-state index is 0.0136. The minimum Gasteiger partial charge on any atom is -0.481 e. The lowest BCUT2D eigenvalue weighted by atomic mass is 10.2. The largest absolute Gasteiger partial charge is 0.481 e. The zero-order valence-corrected chi connectivity index (χ0v) is 7.95. The van der Waals surface area contributed by atoms with E-state index in [2.05, 4.69) is 0 Å². The smallest absolute Gasteiger partial charge is 0.300 e. The van der Waals surface area contributed by atoms with Crippen LogP contribution >= 0.6 is 11.6 Å². The lowest BCUT2D eigenvalue weighted by Crippen LogP contribution is -1.81. The quantitative estimate of drug-likeness (QED) is 0.732. The fourth-order valence-corrected chi connectivity index (χ4v) is 0.822. The van der Waals surface area contributed by atoms with Crippen LogP contribution < -0.4 is 0 Å². The zero-order valence-electron chi connectivity index (χ0n) is 7.20. The Labute approximate surface area is 81.6 Å². The Morgan fingerprint density at radius 2 is 1.92 bits per heavy atom. The molecule has 72 valence electrons. The molecular weight excluding hydrogens is 192 g/mol. The molecule has 0 radical (unpaired) electrons. The maximum atomic E-state index is 9.00. The molecule has 0 bridgehead atoms. The Balaban J connectivity index is 0.000000310. The molecular formula is C9H11ClO3. The number of benzene rings is 1. The summed E-state index contributed by atoms with van der Waals surface area (Å²) in [6.45, 7) is 1.10. The Hall–Kier alpha value is -1.06. The zero-order chi connectivity index (χ0) is 10.3. The molecule has 0 spiro atoms. The van der Waals surface area contributed by atoms with Gasteiger partial charge >= 0.3 is 0 Å². The summed E-state index contributed by atoms with van der Waals surface area (Å²) < 4.78 is 0. The van der Waals surface area contributed by atoms with E-state index in [-0.39, 0.29) is 6.61 Å². The maximum absolute atomic E-state index is 9.00. The molecule has 0 aliphatic heterocycles. The number of carboxylic acids is 1. The Morgan fingerprint density at radius 3 is 2.23 bits per heavy atom. The molecule has 0 saturated carbocycles. The fourth-order valence-electron chi connectivity index (χ4n) is 0.627. The predicted molar refractivity (Wildman–Crippen MR) is 50.7 cm³/mol. The first-order valence-corrected chi connectivity index (χ1v) is 3.99. The van der Waals surface area contributed by atoms with Gasteiger partial charge in [0, 0.05) is 11.9 Å². The van der Waals surface area contributed by atoms with Crippen LogP contribution in [0.5, 0.6) is 0 Å². The molecule has 0 aliphatic carbocycles. The maximum Gasteiger partial charge on any atom is 0.300 e. The van der Waals surface area contributed by atoms with Gasteiger partial charge in [0.2, 0.25) is 0 Å². The summed E-state index contributed by atoms with van der Waals surface area (Å²) in [6.07, 6.45) is 0. The molecule has 0 atom stereocenters. The molecule has 0 aromatic heterocycles. The summed E-state index contributed by atoms with van der Waals surface area (Å²) >= 11 is 5.66. The van der Waals surface area contributed by atoms with E-state index in [1.807, 2.05) is 12.1 Å². The second-order valence-corrected chi connectivity index (χ2v) is 2.68. The molecule has 0 saturated heterocycles. The molecule has 1 rings (SSSR count). The van der Waals surface area contributed by atoms with Gasteiger partial charge in [0.25, 0.3) is 5.97 Å². The van der Waals surface area contributed by atoms with E-state index in [4.69, 9.17) is 26.6 Å². The van der Waals surface area contributed by atoms with Crippen molar-refractivity contribution in [1.29, 1.82) is 0 Å². The summed E-state index contributed by atoms with van der Waals surface area (Å²) in [7, 11) is 0. The van der Waals surface area contributed by atoms with E-state index in [1.165, 1.54) is 0 Å². The Kier molecular flexibility index (Phi) is 5.93. The molecule has 1 aromatic carbocycles. The molecule has 0 heterocycles. The lowest BCUT2D eigenvalue weighted by molar-refractivity contribution is -0.134. The second kappa shape index (κ2) is 6.46. The van der Waals surface area contributed by atoms with Crippen molar-refractivity contribution in [3.8, 4) is 0 Å². The van der Waals surface area contributed by atoms with Crippen molar-refractivity contribution in [2.45, 2.75) is 13.5 Å². The minimum atomic E-state index is -0.833. The van der Waals surface area contributed by atoms with Gasteiger partial charge in [-0.2, -0.15) is 0 Å². The van der Waals surface area contributed by atoms with E-state index in [9.17, 15) is 0 Å². The Bertz CT molecular complexity index is 269. The van der Waals surface area contributed by atoms with Gasteiger partial charge in [-0.3, -0.25) is 4.79 Å². The number of hydrogen-bond acceptors (Lipinski definition) is 2. The molecule has 0 amide bonds. The summed E-state index contributed by atoms with van der Waals surface area (Å²) in [4.78, 5) is 9.00. The van der Waals surface area contributed by atoms with Gasteiger partial charge in [0.05, 0.1) is 6.61 Å². The highest BCUT2D eigenvalue weighted by Crippen LogP contribution is 2.13. The van der Waals surface area contributed by atoms with Crippen LogP contribution in [0.25, 0.3) is 0 Å². The van der Waals surface area contributed by atoms with E-state index in [0.717, 1.165) is 12.5 Å². The highest BCUT2D eigenvalue weighted by atomic mass is 35.5. The van der Waals surface area contributed by atoms with E-state index >= 15 is 0 Å². The van der Waals surface area contributed by atoms with Gasteiger partial charge < -0.3 is 10.2 Å². The van der Waals surface area contributed by atoms with Gasteiger partial charge in [-0.15, -0.1) is 0 Å². The number of halogens is 1. The van der Waals surface area contributed by atoms with Gasteiger partial charge in [0.15, 0.2) is 0 Å². The number of carbonyl (C=O) groups is 1. The topological polar surface area (TPSA) is 57.5 Å². The molecule has 0 unspecified atom stereocenters. The van der Waals surface area contributed by atoms with Crippen LogP contribution in [0.1, 0.15) is 12.5 Å². The van der Waals surface area contributed by atoms with Gasteiger partial charge in [-0.1, -0.05) is 29.8 Å². The second-order valence-electron chi connectivity index (χ2n) is 2.27. The van der Waals surface area contributed by atoms with Crippen molar-refractivity contribution >= 4 is 17.6 Å². The first kappa shape index (κ1) is 11.9. The third-order valence-electron chi connectivity index (χ3n) is 1.13. The number of rotatable bonds is 1. The molecule has 4 heteroatoms. The normalized spacial score (nSPS) is 8.54. The van der Waals surface area contributed by atoms with Crippen molar-refractivity contribution < 1.29 is 15.0 Å². The molecule has 3 nitrogen and oxygen atoms in total.